The molecular weight excluding hydrogens is 338 g/mol. The minimum atomic E-state index is -3.32. The van der Waals surface area contributed by atoms with E-state index < -0.39 is 10.0 Å². The lowest BCUT2D eigenvalue weighted by Crippen LogP contribution is -2.48. The van der Waals surface area contributed by atoms with E-state index in [0.29, 0.717) is 25.2 Å². The van der Waals surface area contributed by atoms with Crippen LogP contribution in [0.3, 0.4) is 0 Å². The van der Waals surface area contributed by atoms with Gasteiger partial charge in [-0.05, 0) is 43.7 Å². The lowest BCUT2D eigenvalue weighted by atomic mass is 10.0. The molecule has 0 amide bonds. The fraction of sp³-hybridized carbons (Fsp3) is 0.667. The molecule has 2 saturated heterocycles. The molecule has 2 aliphatic rings. The molecular formula is C18H28N3O3S. The Bertz CT molecular complexity index is 637. The molecule has 0 aromatic carbocycles. The average Bonchev–Trinajstić information content (AvgIpc) is 2.80. The van der Waals surface area contributed by atoms with Gasteiger partial charge < -0.3 is 4.74 Å². The van der Waals surface area contributed by atoms with E-state index in [1.54, 1.807) is 19.5 Å². The molecule has 25 heavy (non-hydrogen) atoms. The number of fused-ring (bicyclic) bond motifs is 2. The maximum Gasteiger partial charge on any atom is 0.211 e. The summed E-state index contributed by atoms with van der Waals surface area (Å²) in [6.07, 6.45) is 11.7. The van der Waals surface area contributed by atoms with Gasteiger partial charge in [-0.3, -0.25) is 9.88 Å². The molecule has 7 heteroatoms. The van der Waals surface area contributed by atoms with Crippen LogP contribution in [0.4, 0.5) is 0 Å². The van der Waals surface area contributed by atoms with Crippen LogP contribution in [0.5, 0.6) is 0 Å². The first-order chi connectivity index (χ1) is 12.0. The van der Waals surface area contributed by atoms with Gasteiger partial charge in [0.05, 0.1) is 12.4 Å². The molecule has 139 valence electrons. The maximum atomic E-state index is 12.3. The van der Waals surface area contributed by atoms with Crippen molar-refractivity contribution in [2.45, 2.75) is 50.4 Å². The third-order valence-electron chi connectivity index (χ3n) is 5.35. The number of ether oxygens (including phenoxy) is 1. The van der Waals surface area contributed by atoms with Crippen molar-refractivity contribution in [3.63, 3.8) is 0 Å². The van der Waals surface area contributed by atoms with Crippen LogP contribution in [-0.4, -0.2) is 67.2 Å². The van der Waals surface area contributed by atoms with Crippen LogP contribution >= 0.6 is 0 Å². The summed E-state index contributed by atoms with van der Waals surface area (Å²) in [4.78, 5) is 6.60. The largest absolute Gasteiger partial charge is 0.379 e. The predicted octanol–water partition coefficient (Wildman–Crippen LogP) is 1.69. The quantitative estimate of drug-likeness (QED) is 0.701. The van der Waals surface area contributed by atoms with E-state index in [0.717, 1.165) is 24.9 Å². The fourth-order valence-electron chi connectivity index (χ4n) is 3.98. The summed E-state index contributed by atoms with van der Waals surface area (Å²) >= 11 is 0. The van der Waals surface area contributed by atoms with Crippen molar-refractivity contribution >= 4 is 10.0 Å². The van der Waals surface area contributed by atoms with Gasteiger partial charge in [0.25, 0.3) is 0 Å². The number of rotatable bonds is 8. The number of sulfonamides is 1. The van der Waals surface area contributed by atoms with Crippen LogP contribution in [0.15, 0.2) is 24.5 Å². The smallest absolute Gasteiger partial charge is 0.211 e. The molecule has 3 rings (SSSR count). The van der Waals surface area contributed by atoms with Gasteiger partial charge in [0.1, 0.15) is 0 Å². The van der Waals surface area contributed by atoms with Crippen LogP contribution in [-0.2, 0) is 21.3 Å². The zero-order valence-electron chi connectivity index (χ0n) is 15.0. The van der Waals surface area contributed by atoms with E-state index in [4.69, 9.17) is 4.74 Å². The molecule has 2 aliphatic heterocycles. The number of methoxy groups -OCH3 is 1. The standard InChI is InChI=1S/C18H28N3O3S/c1-24-18(14-21-16-6-3-7-17(21)9-8-16)13-20(25(2,22)23)12-15-5-4-10-19-11-15/h3-5,10-11,16-18H,6-9,12-14H2,1-2H3/t16-,17+,18?. The molecule has 0 saturated carbocycles. The summed E-state index contributed by atoms with van der Waals surface area (Å²) < 4.78 is 31.7. The highest BCUT2D eigenvalue weighted by Crippen LogP contribution is 2.35. The average molecular weight is 367 g/mol. The van der Waals surface area contributed by atoms with E-state index in [2.05, 4.69) is 16.3 Å². The van der Waals surface area contributed by atoms with Gasteiger partial charge in [0.2, 0.25) is 10.0 Å². The van der Waals surface area contributed by atoms with Crippen molar-refractivity contribution in [3.05, 3.63) is 36.5 Å². The Morgan fingerprint density at radius 2 is 2.08 bits per heavy atom. The monoisotopic (exact) mass is 366 g/mol. The van der Waals surface area contributed by atoms with Crippen LogP contribution in [0.1, 0.15) is 31.2 Å². The first-order valence-corrected chi connectivity index (χ1v) is 10.8. The van der Waals surface area contributed by atoms with Crippen LogP contribution in [0.2, 0.25) is 0 Å². The summed E-state index contributed by atoms with van der Waals surface area (Å²) in [5, 5.41) is 0. The highest BCUT2D eigenvalue weighted by Gasteiger charge is 2.38. The van der Waals surface area contributed by atoms with E-state index >= 15 is 0 Å². The first-order valence-electron chi connectivity index (χ1n) is 8.91. The summed E-state index contributed by atoms with van der Waals surface area (Å²) in [5.74, 6) is 0. The molecule has 1 aromatic heterocycles. The molecule has 0 aliphatic carbocycles. The Labute approximate surface area is 151 Å². The molecule has 2 bridgehead atoms. The third-order valence-corrected chi connectivity index (χ3v) is 6.57. The van der Waals surface area contributed by atoms with Gasteiger partial charge in [0, 0.05) is 51.2 Å². The van der Waals surface area contributed by atoms with E-state index in [1.807, 2.05) is 12.1 Å². The highest BCUT2D eigenvalue weighted by molar-refractivity contribution is 7.88. The van der Waals surface area contributed by atoms with Gasteiger partial charge in [-0.2, -0.15) is 4.31 Å². The number of pyridine rings is 1. The molecule has 3 atom stereocenters. The van der Waals surface area contributed by atoms with Crippen molar-refractivity contribution in [3.8, 4) is 0 Å². The molecule has 2 fully saturated rings. The molecule has 0 N–H and O–H groups in total. The van der Waals surface area contributed by atoms with Gasteiger partial charge in [0.15, 0.2) is 0 Å². The number of hydrogen-bond acceptors (Lipinski definition) is 5. The van der Waals surface area contributed by atoms with Gasteiger partial charge in [-0.15, -0.1) is 0 Å². The molecule has 6 nitrogen and oxygen atoms in total. The van der Waals surface area contributed by atoms with Gasteiger partial charge in [-0.25, -0.2) is 8.42 Å². The lowest BCUT2D eigenvalue weighted by molar-refractivity contribution is 0.0281. The second kappa shape index (κ2) is 8.12. The minimum absolute atomic E-state index is 0.132. The Hall–Kier alpha value is -1.02. The molecule has 1 aromatic rings. The molecule has 0 spiro atoms. The predicted molar refractivity (Wildman–Crippen MR) is 97.3 cm³/mol. The second-order valence-corrected chi connectivity index (χ2v) is 9.10. The van der Waals surface area contributed by atoms with Gasteiger partial charge >= 0.3 is 0 Å². The van der Waals surface area contributed by atoms with Crippen molar-refractivity contribution in [1.29, 1.82) is 0 Å². The van der Waals surface area contributed by atoms with Crippen LogP contribution < -0.4 is 0 Å². The van der Waals surface area contributed by atoms with E-state index in [9.17, 15) is 8.42 Å². The number of hydrogen-bond donors (Lipinski definition) is 0. The summed E-state index contributed by atoms with van der Waals surface area (Å²) in [6, 6.07) is 4.92. The topological polar surface area (TPSA) is 62.7 Å². The zero-order chi connectivity index (χ0) is 17.9. The first kappa shape index (κ1) is 18.8. The summed E-state index contributed by atoms with van der Waals surface area (Å²) in [5.41, 5.74) is 0.885. The molecule has 3 heterocycles. The van der Waals surface area contributed by atoms with E-state index in [-0.39, 0.29) is 6.10 Å². The SMILES string of the molecule is COC(CN1[C@@H]2C[CH]C[C@H]1CC2)CN(Cc1cccnc1)S(C)(=O)=O. The summed E-state index contributed by atoms with van der Waals surface area (Å²) in [7, 11) is -1.65. The van der Waals surface area contributed by atoms with Crippen LogP contribution in [0.25, 0.3) is 0 Å². The number of piperidine rings is 1. The highest BCUT2D eigenvalue weighted by atomic mass is 32.2. The normalized spacial score (nSPS) is 25.4. The third kappa shape index (κ3) is 4.78. The van der Waals surface area contributed by atoms with Crippen LogP contribution in [0, 0.1) is 6.42 Å². The van der Waals surface area contributed by atoms with Crippen molar-refractivity contribution in [1.82, 2.24) is 14.2 Å². The fourth-order valence-corrected chi connectivity index (χ4v) is 4.80. The maximum absolute atomic E-state index is 12.3. The van der Waals surface area contributed by atoms with E-state index in [1.165, 1.54) is 23.4 Å². The Morgan fingerprint density at radius 3 is 2.64 bits per heavy atom. The Kier molecular flexibility index (Phi) is 6.09. The number of aromatic nitrogens is 1. The number of nitrogens with zero attached hydrogens (tertiary/aromatic N) is 3. The Morgan fingerprint density at radius 1 is 1.36 bits per heavy atom. The van der Waals surface area contributed by atoms with Crippen molar-refractivity contribution in [2.24, 2.45) is 0 Å². The second-order valence-electron chi connectivity index (χ2n) is 7.12. The summed E-state index contributed by atoms with van der Waals surface area (Å²) in [6.45, 7) is 1.48. The van der Waals surface area contributed by atoms with Crippen molar-refractivity contribution < 1.29 is 13.2 Å². The molecule has 1 unspecified atom stereocenters. The van der Waals surface area contributed by atoms with Crippen molar-refractivity contribution in [2.75, 3.05) is 26.5 Å². The molecule has 1 radical (unpaired) electrons. The zero-order valence-corrected chi connectivity index (χ0v) is 15.9. The minimum Gasteiger partial charge on any atom is -0.379 e. The lowest BCUT2D eigenvalue weighted by Gasteiger charge is -2.37. The van der Waals surface area contributed by atoms with Gasteiger partial charge in [-0.1, -0.05) is 6.07 Å². The Balaban J connectivity index is 1.66.